The lowest BCUT2D eigenvalue weighted by Crippen LogP contribution is -2.48. The Bertz CT molecular complexity index is 515. The van der Waals surface area contributed by atoms with Gasteiger partial charge in [-0.1, -0.05) is 37.3 Å². The van der Waals surface area contributed by atoms with Crippen molar-refractivity contribution in [2.45, 2.75) is 45.3 Å². The van der Waals surface area contributed by atoms with Crippen LogP contribution in [-0.2, 0) is 11.3 Å². The lowest BCUT2D eigenvalue weighted by atomic mass is 9.74. The Labute approximate surface area is 144 Å². The third-order valence-corrected chi connectivity index (χ3v) is 5.42. The van der Waals surface area contributed by atoms with E-state index < -0.39 is 0 Å². The molecule has 2 N–H and O–H groups in total. The van der Waals surface area contributed by atoms with Crippen LogP contribution in [-0.4, -0.2) is 30.1 Å². The van der Waals surface area contributed by atoms with Crippen LogP contribution in [0, 0.1) is 11.3 Å². The van der Waals surface area contributed by atoms with E-state index in [-0.39, 0.29) is 23.9 Å². The number of rotatable bonds is 2. The molecular formula is C18H27ClN2O2. The van der Waals surface area contributed by atoms with Gasteiger partial charge in [-0.25, -0.2) is 4.79 Å². The van der Waals surface area contributed by atoms with Crippen LogP contribution in [0.5, 0.6) is 0 Å². The summed E-state index contributed by atoms with van der Waals surface area (Å²) < 4.78 is 5.42. The Morgan fingerprint density at radius 3 is 2.52 bits per heavy atom. The molecule has 1 aliphatic carbocycles. The van der Waals surface area contributed by atoms with E-state index in [0.717, 1.165) is 37.9 Å². The second-order valence-electron chi connectivity index (χ2n) is 7.04. The van der Waals surface area contributed by atoms with Crippen molar-refractivity contribution in [3.8, 4) is 0 Å². The van der Waals surface area contributed by atoms with Crippen molar-refractivity contribution in [3.05, 3.63) is 35.9 Å². The molecule has 1 aromatic rings. The van der Waals surface area contributed by atoms with Crippen molar-refractivity contribution in [1.82, 2.24) is 4.90 Å². The second kappa shape index (κ2) is 7.54. The Hall–Kier alpha value is -1.26. The molecule has 0 aromatic heterocycles. The number of ether oxygens (including phenoxy) is 1. The number of benzene rings is 1. The Kier molecular flexibility index (Phi) is 5.93. The Balaban J connectivity index is 0.00000192. The molecule has 2 aliphatic rings. The maximum Gasteiger partial charge on any atom is 0.410 e. The van der Waals surface area contributed by atoms with Gasteiger partial charge < -0.3 is 15.4 Å². The minimum Gasteiger partial charge on any atom is -0.445 e. The zero-order valence-corrected chi connectivity index (χ0v) is 14.6. The molecule has 2 fully saturated rings. The average molecular weight is 339 g/mol. The molecule has 4 nitrogen and oxygen atoms in total. The van der Waals surface area contributed by atoms with E-state index in [1.165, 1.54) is 6.42 Å². The number of carbonyl (C=O) groups is 1. The van der Waals surface area contributed by atoms with Crippen LogP contribution >= 0.6 is 12.4 Å². The highest BCUT2D eigenvalue weighted by Crippen LogP contribution is 2.47. The summed E-state index contributed by atoms with van der Waals surface area (Å²) in [6, 6.07) is 10.1. The normalized spacial score (nSPS) is 25.9. The molecule has 1 amide bonds. The van der Waals surface area contributed by atoms with Crippen molar-refractivity contribution < 1.29 is 9.53 Å². The lowest BCUT2D eigenvalue weighted by molar-refractivity contribution is 0.0570. The zero-order valence-electron chi connectivity index (χ0n) is 13.7. The molecule has 5 heteroatoms. The number of hydrogen-bond donors (Lipinski definition) is 1. The van der Waals surface area contributed by atoms with Gasteiger partial charge in [-0.15, -0.1) is 12.4 Å². The minimum atomic E-state index is -0.196. The van der Waals surface area contributed by atoms with Gasteiger partial charge in [-0.3, -0.25) is 0 Å². The summed E-state index contributed by atoms with van der Waals surface area (Å²) in [5, 5.41) is 0. The number of likely N-dealkylation sites (tertiary alicyclic amines) is 1. The van der Waals surface area contributed by atoms with Gasteiger partial charge in [-0.2, -0.15) is 0 Å². The topological polar surface area (TPSA) is 55.6 Å². The highest BCUT2D eigenvalue weighted by Gasteiger charge is 2.46. The van der Waals surface area contributed by atoms with E-state index >= 15 is 0 Å². The molecule has 0 bridgehead atoms. The first-order valence-electron chi connectivity index (χ1n) is 8.30. The third kappa shape index (κ3) is 3.99. The zero-order chi connectivity index (χ0) is 15.6. The van der Waals surface area contributed by atoms with Crippen LogP contribution in [0.4, 0.5) is 4.79 Å². The van der Waals surface area contributed by atoms with Crippen molar-refractivity contribution in [3.63, 3.8) is 0 Å². The van der Waals surface area contributed by atoms with Crippen molar-refractivity contribution in [1.29, 1.82) is 0 Å². The van der Waals surface area contributed by atoms with Crippen LogP contribution in [0.25, 0.3) is 0 Å². The number of nitrogens with zero attached hydrogens (tertiary/aromatic N) is 1. The minimum absolute atomic E-state index is 0. The molecule has 1 spiro atoms. The van der Waals surface area contributed by atoms with Gasteiger partial charge in [-0.05, 0) is 42.6 Å². The highest BCUT2D eigenvalue weighted by molar-refractivity contribution is 5.85. The maximum absolute atomic E-state index is 12.2. The van der Waals surface area contributed by atoms with E-state index in [1.807, 2.05) is 35.2 Å². The molecule has 0 radical (unpaired) electrons. The second-order valence-corrected chi connectivity index (χ2v) is 7.04. The molecule has 2 atom stereocenters. The van der Waals surface area contributed by atoms with E-state index in [2.05, 4.69) is 6.92 Å². The monoisotopic (exact) mass is 338 g/mol. The van der Waals surface area contributed by atoms with Crippen molar-refractivity contribution in [2.75, 3.05) is 13.1 Å². The van der Waals surface area contributed by atoms with Crippen molar-refractivity contribution in [2.24, 2.45) is 17.1 Å². The summed E-state index contributed by atoms with van der Waals surface area (Å²) in [4.78, 5) is 14.0. The molecule has 3 rings (SSSR count). The van der Waals surface area contributed by atoms with Crippen molar-refractivity contribution >= 4 is 18.5 Å². The molecule has 1 aliphatic heterocycles. The fraction of sp³-hybridized carbons (Fsp3) is 0.611. The molecule has 23 heavy (non-hydrogen) atoms. The molecule has 1 saturated carbocycles. The van der Waals surface area contributed by atoms with Gasteiger partial charge >= 0.3 is 6.09 Å². The SMILES string of the molecule is C[C@@H]1C[C@H](N)C2(CCN(C(=O)OCc3ccccc3)CC2)C1.Cl. The van der Waals surface area contributed by atoms with Gasteiger partial charge in [0.25, 0.3) is 0 Å². The summed E-state index contributed by atoms with van der Waals surface area (Å²) >= 11 is 0. The number of piperidine rings is 1. The number of nitrogens with two attached hydrogens (primary N) is 1. The maximum atomic E-state index is 12.2. The van der Waals surface area contributed by atoms with Gasteiger partial charge in [0, 0.05) is 19.1 Å². The molecular weight excluding hydrogens is 312 g/mol. The number of carbonyl (C=O) groups excluding carboxylic acids is 1. The van der Waals surface area contributed by atoms with Crippen LogP contribution in [0.2, 0.25) is 0 Å². The fourth-order valence-electron chi connectivity index (χ4n) is 4.13. The number of hydrogen-bond acceptors (Lipinski definition) is 3. The first-order valence-corrected chi connectivity index (χ1v) is 8.30. The van der Waals surface area contributed by atoms with Gasteiger partial charge in [0.05, 0.1) is 0 Å². The lowest BCUT2D eigenvalue weighted by Gasteiger charge is -2.41. The summed E-state index contributed by atoms with van der Waals surface area (Å²) in [6.07, 6.45) is 4.16. The predicted molar refractivity (Wildman–Crippen MR) is 93.5 cm³/mol. The molecule has 1 aromatic carbocycles. The Morgan fingerprint density at radius 2 is 1.96 bits per heavy atom. The fourth-order valence-corrected chi connectivity index (χ4v) is 4.13. The van der Waals surface area contributed by atoms with Crippen LogP contribution in [0.3, 0.4) is 0 Å². The average Bonchev–Trinajstić information content (AvgIpc) is 2.80. The molecule has 0 unspecified atom stereocenters. The van der Waals surface area contributed by atoms with Gasteiger partial charge in [0.2, 0.25) is 0 Å². The Morgan fingerprint density at radius 1 is 1.30 bits per heavy atom. The van der Waals surface area contributed by atoms with E-state index in [4.69, 9.17) is 10.5 Å². The van der Waals surface area contributed by atoms with Crippen LogP contribution in [0.1, 0.15) is 38.2 Å². The quantitative estimate of drug-likeness (QED) is 0.896. The van der Waals surface area contributed by atoms with E-state index in [1.54, 1.807) is 0 Å². The van der Waals surface area contributed by atoms with E-state index in [9.17, 15) is 4.79 Å². The number of amides is 1. The first kappa shape index (κ1) is 18.1. The predicted octanol–water partition coefficient (Wildman–Crippen LogP) is 3.58. The number of halogens is 1. The smallest absolute Gasteiger partial charge is 0.410 e. The largest absolute Gasteiger partial charge is 0.445 e. The summed E-state index contributed by atoms with van der Waals surface area (Å²) in [5.41, 5.74) is 7.64. The third-order valence-electron chi connectivity index (χ3n) is 5.42. The van der Waals surface area contributed by atoms with Gasteiger partial charge in [0.15, 0.2) is 0 Å². The molecule has 128 valence electrons. The van der Waals surface area contributed by atoms with Crippen LogP contribution < -0.4 is 5.73 Å². The summed E-state index contributed by atoms with van der Waals surface area (Å²) in [6.45, 7) is 4.18. The first-order chi connectivity index (χ1) is 10.6. The summed E-state index contributed by atoms with van der Waals surface area (Å²) in [5.74, 6) is 0.714. The standard InChI is InChI=1S/C18H26N2O2.ClH/c1-14-11-16(19)18(12-14)7-9-20(10-8-18)17(21)22-13-15-5-3-2-4-6-15;/h2-6,14,16H,7-13,19H2,1H3;1H/t14-,16+;/m1./s1. The van der Waals surface area contributed by atoms with Gasteiger partial charge in [0.1, 0.15) is 6.61 Å². The van der Waals surface area contributed by atoms with E-state index in [0.29, 0.717) is 18.6 Å². The van der Waals surface area contributed by atoms with Crippen LogP contribution in [0.15, 0.2) is 30.3 Å². The summed E-state index contributed by atoms with van der Waals surface area (Å²) in [7, 11) is 0. The highest BCUT2D eigenvalue weighted by atomic mass is 35.5. The molecule has 1 heterocycles. The molecule has 1 saturated heterocycles.